The molecule has 7 heteroatoms. The Hall–Kier alpha value is -1.99. The minimum absolute atomic E-state index is 0.223. The number of hydrogen-bond acceptors (Lipinski definition) is 7. The maximum atomic E-state index is 11.8. The fraction of sp³-hybridized carbons (Fsp3) is 0.438. The van der Waals surface area contributed by atoms with Crippen LogP contribution in [0, 0.1) is 0 Å². The van der Waals surface area contributed by atoms with Crippen LogP contribution in [0.15, 0.2) is 29.9 Å². The third-order valence-corrected chi connectivity index (χ3v) is 4.97. The lowest BCUT2D eigenvalue weighted by Gasteiger charge is -2.27. The molecule has 1 fully saturated rings. The fourth-order valence-electron chi connectivity index (χ4n) is 2.85. The molecule has 122 valence electrons. The van der Waals surface area contributed by atoms with Gasteiger partial charge in [-0.2, -0.15) is 0 Å². The minimum Gasteiger partial charge on any atom is -0.464 e. The summed E-state index contributed by atoms with van der Waals surface area (Å²) >= 11 is 1.76. The van der Waals surface area contributed by atoms with Crippen LogP contribution in [-0.4, -0.2) is 47.6 Å². The first-order valence-electron chi connectivity index (χ1n) is 7.70. The van der Waals surface area contributed by atoms with Crippen LogP contribution in [0.25, 0.3) is 0 Å². The maximum absolute atomic E-state index is 11.8. The van der Waals surface area contributed by atoms with Crippen LogP contribution in [0.4, 0.5) is 5.82 Å². The Bertz CT molecular complexity index is 641. The molecule has 3 heterocycles. The van der Waals surface area contributed by atoms with E-state index in [4.69, 9.17) is 4.74 Å². The smallest absolute Gasteiger partial charge is 0.360 e. The lowest BCUT2D eigenvalue weighted by molar-refractivity contribution is 0.0594. The summed E-state index contributed by atoms with van der Waals surface area (Å²) in [5.41, 5.74) is 0.223. The van der Waals surface area contributed by atoms with Gasteiger partial charge in [0.1, 0.15) is 0 Å². The highest BCUT2D eigenvalue weighted by atomic mass is 32.1. The van der Waals surface area contributed by atoms with Crippen molar-refractivity contribution in [2.24, 2.45) is 0 Å². The number of rotatable bonds is 6. The monoisotopic (exact) mass is 332 g/mol. The van der Waals surface area contributed by atoms with Gasteiger partial charge in [0.15, 0.2) is 11.5 Å². The molecule has 3 rings (SSSR count). The standard InChI is InChI=1S/C16H20N4O2S/c1-22-16(21)14-15(18-7-6-17-14)19-11-12(13-5-4-10-23-13)20-8-2-3-9-20/h4-7,10,12H,2-3,8-9,11H2,1H3,(H,18,19). The van der Waals surface area contributed by atoms with E-state index in [0.29, 0.717) is 12.4 Å². The Labute approximate surface area is 139 Å². The summed E-state index contributed by atoms with van der Waals surface area (Å²) < 4.78 is 4.77. The quantitative estimate of drug-likeness (QED) is 0.820. The van der Waals surface area contributed by atoms with Gasteiger partial charge in [-0.3, -0.25) is 4.90 Å². The van der Waals surface area contributed by atoms with Crippen molar-refractivity contribution in [1.29, 1.82) is 0 Å². The number of likely N-dealkylation sites (tertiary alicyclic amines) is 1. The Morgan fingerprint density at radius 2 is 2.17 bits per heavy atom. The van der Waals surface area contributed by atoms with Crippen molar-refractivity contribution in [3.63, 3.8) is 0 Å². The zero-order valence-electron chi connectivity index (χ0n) is 13.1. The SMILES string of the molecule is COC(=O)c1nccnc1NCC(c1cccs1)N1CCCC1. The van der Waals surface area contributed by atoms with Crippen molar-refractivity contribution in [3.05, 3.63) is 40.5 Å². The molecule has 1 aliphatic rings. The number of nitrogens with one attached hydrogen (secondary N) is 1. The van der Waals surface area contributed by atoms with Gasteiger partial charge < -0.3 is 10.1 Å². The second kappa shape index (κ2) is 7.52. The summed E-state index contributed by atoms with van der Waals surface area (Å²) in [5.74, 6) is -0.00505. The van der Waals surface area contributed by atoms with E-state index in [1.165, 1.54) is 31.0 Å². The van der Waals surface area contributed by atoms with Crippen molar-refractivity contribution < 1.29 is 9.53 Å². The van der Waals surface area contributed by atoms with Gasteiger partial charge in [0.25, 0.3) is 0 Å². The number of carbonyl (C=O) groups excluding carboxylic acids is 1. The molecule has 2 aromatic rings. The normalized spacial score (nSPS) is 16.2. The number of methoxy groups -OCH3 is 1. The molecule has 0 spiro atoms. The first-order chi connectivity index (χ1) is 11.3. The first kappa shape index (κ1) is 15.9. The number of carbonyl (C=O) groups is 1. The van der Waals surface area contributed by atoms with E-state index in [9.17, 15) is 4.79 Å². The lowest BCUT2D eigenvalue weighted by Crippen LogP contribution is -2.31. The topological polar surface area (TPSA) is 67.3 Å². The van der Waals surface area contributed by atoms with Gasteiger partial charge in [-0.05, 0) is 37.4 Å². The van der Waals surface area contributed by atoms with Crippen molar-refractivity contribution >= 4 is 23.1 Å². The molecule has 23 heavy (non-hydrogen) atoms. The van der Waals surface area contributed by atoms with Crippen LogP contribution < -0.4 is 5.32 Å². The number of thiophene rings is 1. The summed E-state index contributed by atoms with van der Waals surface area (Å²) in [6, 6.07) is 4.52. The van der Waals surface area contributed by atoms with Crippen molar-refractivity contribution in [1.82, 2.24) is 14.9 Å². The number of esters is 1. The largest absolute Gasteiger partial charge is 0.464 e. The summed E-state index contributed by atoms with van der Waals surface area (Å²) in [4.78, 5) is 23.9. The van der Waals surface area contributed by atoms with Crippen LogP contribution >= 0.6 is 11.3 Å². The molecule has 1 N–H and O–H groups in total. The van der Waals surface area contributed by atoms with Gasteiger partial charge in [-0.25, -0.2) is 14.8 Å². The number of anilines is 1. The molecule has 1 saturated heterocycles. The van der Waals surface area contributed by atoms with Gasteiger partial charge in [0, 0.05) is 23.8 Å². The van der Waals surface area contributed by atoms with E-state index >= 15 is 0 Å². The van der Waals surface area contributed by atoms with Crippen molar-refractivity contribution in [2.45, 2.75) is 18.9 Å². The Morgan fingerprint density at radius 3 is 2.87 bits per heavy atom. The molecule has 1 unspecified atom stereocenters. The molecule has 2 aromatic heterocycles. The average Bonchev–Trinajstić information content (AvgIpc) is 3.29. The summed E-state index contributed by atoms with van der Waals surface area (Å²) in [6.45, 7) is 2.90. The van der Waals surface area contributed by atoms with Gasteiger partial charge in [-0.15, -0.1) is 11.3 Å². The number of hydrogen-bond donors (Lipinski definition) is 1. The van der Waals surface area contributed by atoms with E-state index in [0.717, 1.165) is 13.1 Å². The number of ether oxygens (including phenoxy) is 1. The molecule has 0 radical (unpaired) electrons. The predicted molar refractivity (Wildman–Crippen MR) is 89.7 cm³/mol. The Kier molecular flexibility index (Phi) is 5.19. The van der Waals surface area contributed by atoms with Crippen molar-refractivity contribution in [3.8, 4) is 0 Å². The van der Waals surface area contributed by atoms with Gasteiger partial charge in [-0.1, -0.05) is 6.07 Å². The highest BCUT2D eigenvalue weighted by Gasteiger charge is 2.25. The summed E-state index contributed by atoms with van der Waals surface area (Å²) in [5, 5.41) is 5.38. The van der Waals surface area contributed by atoms with Crippen LogP contribution in [-0.2, 0) is 4.74 Å². The van der Waals surface area contributed by atoms with E-state index in [-0.39, 0.29) is 11.7 Å². The van der Waals surface area contributed by atoms with Crippen LogP contribution in [0.1, 0.15) is 34.2 Å². The molecule has 1 atom stereocenters. The fourth-order valence-corrected chi connectivity index (χ4v) is 3.71. The second-order valence-electron chi connectivity index (χ2n) is 5.40. The van der Waals surface area contributed by atoms with E-state index in [2.05, 4.69) is 37.7 Å². The number of nitrogens with zero attached hydrogens (tertiary/aromatic N) is 3. The van der Waals surface area contributed by atoms with Gasteiger partial charge in [0.2, 0.25) is 0 Å². The molecule has 0 aliphatic carbocycles. The Morgan fingerprint density at radius 1 is 1.39 bits per heavy atom. The third-order valence-electron chi connectivity index (χ3n) is 3.99. The highest BCUT2D eigenvalue weighted by Crippen LogP contribution is 2.28. The maximum Gasteiger partial charge on any atom is 0.360 e. The third kappa shape index (κ3) is 3.68. The van der Waals surface area contributed by atoms with Crippen molar-refractivity contribution in [2.75, 3.05) is 32.1 Å². The highest BCUT2D eigenvalue weighted by molar-refractivity contribution is 7.10. The average molecular weight is 332 g/mol. The van der Waals surface area contributed by atoms with E-state index in [1.54, 1.807) is 17.5 Å². The second-order valence-corrected chi connectivity index (χ2v) is 6.38. The van der Waals surface area contributed by atoms with Crippen LogP contribution in [0.5, 0.6) is 0 Å². The molecule has 0 amide bonds. The van der Waals surface area contributed by atoms with Crippen LogP contribution in [0.3, 0.4) is 0 Å². The van der Waals surface area contributed by atoms with Crippen LogP contribution in [0.2, 0.25) is 0 Å². The molecule has 0 aromatic carbocycles. The number of aromatic nitrogens is 2. The zero-order chi connectivity index (χ0) is 16.1. The molecule has 0 bridgehead atoms. The molecule has 1 aliphatic heterocycles. The Balaban J connectivity index is 1.76. The molecular weight excluding hydrogens is 312 g/mol. The zero-order valence-corrected chi connectivity index (χ0v) is 13.9. The predicted octanol–water partition coefficient (Wildman–Crippen LogP) is 2.57. The van der Waals surface area contributed by atoms with Gasteiger partial charge >= 0.3 is 5.97 Å². The van der Waals surface area contributed by atoms with E-state index in [1.807, 2.05) is 0 Å². The molecule has 6 nitrogen and oxygen atoms in total. The summed E-state index contributed by atoms with van der Waals surface area (Å²) in [7, 11) is 1.35. The summed E-state index contributed by atoms with van der Waals surface area (Å²) in [6.07, 6.45) is 5.54. The van der Waals surface area contributed by atoms with Gasteiger partial charge in [0.05, 0.1) is 13.2 Å². The molecule has 0 saturated carbocycles. The van der Waals surface area contributed by atoms with E-state index < -0.39 is 5.97 Å². The lowest BCUT2D eigenvalue weighted by atomic mass is 10.2. The molecular formula is C16H20N4O2S. The first-order valence-corrected chi connectivity index (χ1v) is 8.58. The minimum atomic E-state index is -0.477.